The normalized spacial score (nSPS) is 18.4. The summed E-state index contributed by atoms with van der Waals surface area (Å²) in [6.45, 7) is 0. The van der Waals surface area contributed by atoms with Gasteiger partial charge < -0.3 is 0 Å². The number of benzene rings is 1. The molecule has 2 rings (SSSR count). The van der Waals surface area contributed by atoms with Gasteiger partial charge in [-0.1, -0.05) is 11.6 Å². The van der Waals surface area contributed by atoms with E-state index >= 15 is 0 Å². The molecule has 0 aromatic heterocycles. The molecule has 1 aromatic carbocycles. The highest BCUT2D eigenvalue weighted by atomic mass is 35.5. The summed E-state index contributed by atoms with van der Waals surface area (Å²) in [6.07, 6.45) is 0.349. The largest absolute Gasteiger partial charge is 0.239 e. The Bertz CT molecular complexity index is 663. The molecule has 0 unspecified atom stereocenters. The van der Waals surface area contributed by atoms with Crippen molar-refractivity contribution in [1.29, 1.82) is 0 Å². The van der Waals surface area contributed by atoms with Crippen molar-refractivity contribution in [2.75, 3.05) is 5.75 Å². The molecule has 0 radical (unpaired) electrons. The number of sulfone groups is 1. The lowest BCUT2D eigenvalue weighted by Gasteiger charge is -2.05. The van der Waals surface area contributed by atoms with Gasteiger partial charge in [0.05, 0.1) is 15.7 Å². The minimum Gasteiger partial charge on any atom is -0.225 e. The highest BCUT2D eigenvalue weighted by Gasteiger charge is 2.29. The van der Waals surface area contributed by atoms with Crippen molar-refractivity contribution in [3.8, 4) is 0 Å². The van der Waals surface area contributed by atoms with Gasteiger partial charge in [0, 0.05) is 0 Å². The van der Waals surface area contributed by atoms with E-state index in [1.807, 2.05) is 0 Å². The monoisotopic (exact) mass is 281 g/mol. The summed E-state index contributed by atoms with van der Waals surface area (Å²) in [5.41, 5.74) is 0.539. The number of halogens is 1. The smallest absolute Gasteiger partial charge is 0.225 e. The van der Waals surface area contributed by atoms with Crippen molar-refractivity contribution in [3.63, 3.8) is 0 Å². The molecular weight excluding hydrogens is 274 g/mol. The molecule has 0 aliphatic carbocycles. The zero-order valence-electron chi connectivity index (χ0n) is 7.97. The third-order valence-electron chi connectivity index (χ3n) is 2.40. The van der Waals surface area contributed by atoms with E-state index in [1.54, 1.807) is 0 Å². The van der Waals surface area contributed by atoms with Gasteiger partial charge in [0.15, 0.2) is 9.84 Å². The SMILES string of the molecule is NS(=O)(=O)c1cc2c(cc1Cl)CCS2(=O)=O. The molecule has 0 fully saturated rings. The summed E-state index contributed by atoms with van der Waals surface area (Å²) in [5, 5.41) is 4.89. The number of hydrogen-bond acceptors (Lipinski definition) is 4. The maximum Gasteiger partial charge on any atom is 0.239 e. The van der Waals surface area contributed by atoms with Gasteiger partial charge in [0.1, 0.15) is 4.90 Å². The molecule has 16 heavy (non-hydrogen) atoms. The lowest BCUT2D eigenvalue weighted by Crippen LogP contribution is -2.13. The van der Waals surface area contributed by atoms with E-state index in [0.717, 1.165) is 6.07 Å². The van der Waals surface area contributed by atoms with Gasteiger partial charge in [-0.25, -0.2) is 22.0 Å². The second-order valence-corrected chi connectivity index (χ2v) is 7.52. The van der Waals surface area contributed by atoms with Crippen LogP contribution >= 0.6 is 11.6 Å². The average Bonchev–Trinajstić information content (AvgIpc) is 2.39. The van der Waals surface area contributed by atoms with E-state index in [0.29, 0.717) is 12.0 Å². The number of nitrogens with two attached hydrogens (primary N) is 1. The Balaban J connectivity index is 2.80. The fourth-order valence-corrected chi connectivity index (χ4v) is 4.40. The molecule has 0 saturated heterocycles. The zero-order chi connectivity index (χ0) is 12.1. The Kier molecular flexibility index (Phi) is 2.54. The minimum absolute atomic E-state index is 0.0147. The summed E-state index contributed by atoms with van der Waals surface area (Å²) in [7, 11) is -7.39. The highest BCUT2D eigenvalue weighted by molar-refractivity contribution is 7.92. The van der Waals surface area contributed by atoms with Crippen LogP contribution in [0.2, 0.25) is 5.02 Å². The first-order chi connectivity index (χ1) is 7.22. The van der Waals surface area contributed by atoms with E-state index in [9.17, 15) is 16.8 Å². The molecule has 0 saturated carbocycles. The minimum atomic E-state index is -4.00. The van der Waals surface area contributed by atoms with Gasteiger partial charge in [-0.05, 0) is 24.1 Å². The number of fused-ring (bicyclic) bond motifs is 1. The van der Waals surface area contributed by atoms with Gasteiger partial charge in [0.25, 0.3) is 0 Å². The standard InChI is InChI=1S/C8H8ClNO4S2/c9-6-3-5-1-2-15(11,12)7(5)4-8(6)16(10,13)14/h3-4H,1-2H2,(H2,10,13,14). The van der Waals surface area contributed by atoms with Crippen molar-refractivity contribution >= 4 is 31.5 Å². The van der Waals surface area contributed by atoms with Crippen molar-refractivity contribution in [2.45, 2.75) is 16.2 Å². The molecule has 0 bridgehead atoms. The van der Waals surface area contributed by atoms with Crippen LogP contribution in [0.25, 0.3) is 0 Å². The van der Waals surface area contributed by atoms with E-state index < -0.39 is 19.9 Å². The van der Waals surface area contributed by atoms with E-state index in [-0.39, 0.29) is 20.6 Å². The number of aryl methyl sites for hydroxylation is 1. The van der Waals surface area contributed by atoms with Crippen LogP contribution in [0.1, 0.15) is 5.56 Å². The fourth-order valence-electron chi connectivity index (χ4n) is 1.63. The topological polar surface area (TPSA) is 94.3 Å². The molecule has 2 N–H and O–H groups in total. The Labute approximate surface area is 98.2 Å². The third-order valence-corrected chi connectivity index (χ3v) is 5.56. The zero-order valence-corrected chi connectivity index (χ0v) is 10.4. The van der Waals surface area contributed by atoms with Crippen LogP contribution in [-0.2, 0) is 26.3 Å². The summed E-state index contributed by atoms with van der Waals surface area (Å²) in [5.74, 6) is -0.0211. The van der Waals surface area contributed by atoms with Gasteiger partial charge in [-0.2, -0.15) is 0 Å². The maximum absolute atomic E-state index is 11.6. The molecule has 1 heterocycles. The first-order valence-electron chi connectivity index (χ1n) is 4.30. The molecular formula is C8H8ClNO4S2. The van der Waals surface area contributed by atoms with Crippen LogP contribution in [0.15, 0.2) is 21.9 Å². The molecule has 88 valence electrons. The van der Waals surface area contributed by atoms with E-state index in [4.69, 9.17) is 16.7 Å². The summed E-state index contributed by atoms with van der Waals surface area (Å²) in [6, 6.07) is 2.39. The van der Waals surface area contributed by atoms with Crippen molar-refractivity contribution in [1.82, 2.24) is 0 Å². The van der Waals surface area contributed by atoms with Crippen molar-refractivity contribution in [2.24, 2.45) is 5.14 Å². The molecule has 5 nitrogen and oxygen atoms in total. The Morgan fingerprint density at radius 3 is 2.50 bits per heavy atom. The Morgan fingerprint density at radius 2 is 1.94 bits per heavy atom. The van der Waals surface area contributed by atoms with Gasteiger partial charge >= 0.3 is 0 Å². The number of sulfonamides is 1. The molecule has 1 aromatic rings. The molecule has 1 aliphatic heterocycles. The second-order valence-electron chi connectivity index (χ2n) is 3.50. The molecule has 8 heteroatoms. The summed E-state index contributed by atoms with van der Waals surface area (Å²) >= 11 is 5.73. The summed E-state index contributed by atoms with van der Waals surface area (Å²) < 4.78 is 45.5. The predicted octanol–water partition coefficient (Wildman–Crippen LogP) is 0.317. The maximum atomic E-state index is 11.6. The Morgan fingerprint density at radius 1 is 1.31 bits per heavy atom. The number of hydrogen-bond donors (Lipinski definition) is 1. The van der Waals surface area contributed by atoms with E-state index in [1.165, 1.54) is 6.07 Å². The molecule has 0 spiro atoms. The first kappa shape index (κ1) is 11.8. The lowest BCUT2D eigenvalue weighted by molar-refractivity contribution is 0.597. The van der Waals surface area contributed by atoms with Crippen LogP contribution in [0.3, 0.4) is 0 Å². The lowest BCUT2D eigenvalue weighted by atomic mass is 10.2. The molecule has 1 aliphatic rings. The third kappa shape index (κ3) is 1.84. The van der Waals surface area contributed by atoms with Crippen LogP contribution in [-0.4, -0.2) is 22.6 Å². The molecule has 0 atom stereocenters. The van der Waals surface area contributed by atoms with Crippen LogP contribution in [0.5, 0.6) is 0 Å². The quantitative estimate of drug-likeness (QED) is 0.802. The van der Waals surface area contributed by atoms with Crippen molar-refractivity contribution in [3.05, 3.63) is 22.7 Å². The van der Waals surface area contributed by atoms with Crippen LogP contribution in [0, 0.1) is 0 Å². The first-order valence-corrected chi connectivity index (χ1v) is 7.87. The number of primary sulfonamides is 1. The van der Waals surface area contributed by atoms with Gasteiger partial charge in [0.2, 0.25) is 10.0 Å². The number of rotatable bonds is 1. The van der Waals surface area contributed by atoms with Crippen LogP contribution < -0.4 is 5.14 Å². The van der Waals surface area contributed by atoms with Crippen molar-refractivity contribution < 1.29 is 16.8 Å². The average molecular weight is 282 g/mol. The Hall–Kier alpha value is -0.630. The fraction of sp³-hybridized carbons (Fsp3) is 0.250. The van der Waals surface area contributed by atoms with E-state index in [2.05, 4.69) is 0 Å². The van der Waals surface area contributed by atoms with Gasteiger partial charge in [-0.3, -0.25) is 0 Å². The molecule has 0 amide bonds. The van der Waals surface area contributed by atoms with Crippen LogP contribution in [0.4, 0.5) is 0 Å². The summed E-state index contributed by atoms with van der Waals surface area (Å²) in [4.78, 5) is -0.334. The van der Waals surface area contributed by atoms with Gasteiger partial charge in [-0.15, -0.1) is 0 Å². The highest BCUT2D eigenvalue weighted by Crippen LogP contribution is 2.32. The second kappa shape index (κ2) is 3.43. The predicted molar refractivity (Wildman–Crippen MR) is 58.6 cm³/mol.